The molecule has 1 aromatic rings. The molecular formula is C22H31F3N2O4. The van der Waals surface area contributed by atoms with Crippen LogP contribution in [0.4, 0.5) is 23.7 Å². The first-order valence-electron chi connectivity index (χ1n) is 10.4. The van der Waals surface area contributed by atoms with E-state index in [1.807, 2.05) is 6.92 Å². The molecule has 0 radical (unpaired) electrons. The highest BCUT2D eigenvalue weighted by Crippen LogP contribution is 2.36. The van der Waals surface area contributed by atoms with Crippen LogP contribution >= 0.6 is 0 Å². The van der Waals surface area contributed by atoms with Gasteiger partial charge in [0.2, 0.25) is 0 Å². The zero-order chi connectivity index (χ0) is 23.4. The summed E-state index contributed by atoms with van der Waals surface area (Å²) >= 11 is 0. The third-order valence-corrected chi connectivity index (χ3v) is 5.26. The Hall–Kier alpha value is -2.45. The Kier molecular flexibility index (Phi) is 7.83. The van der Waals surface area contributed by atoms with Crippen LogP contribution in [-0.4, -0.2) is 48.8 Å². The van der Waals surface area contributed by atoms with Crippen LogP contribution in [0.15, 0.2) is 18.2 Å². The van der Waals surface area contributed by atoms with Gasteiger partial charge in [-0.3, -0.25) is 0 Å². The number of likely N-dealkylation sites (tertiary alicyclic amines) is 1. The van der Waals surface area contributed by atoms with Gasteiger partial charge in [-0.25, -0.2) is 9.59 Å². The van der Waals surface area contributed by atoms with Crippen LogP contribution in [-0.2, 0) is 15.7 Å². The van der Waals surface area contributed by atoms with Crippen molar-refractivity contribution < 1.29 is 32.2 Å². The zero-order valence-electron chi connectivity index (χ0n) is 18.6. The van der Waals surface area contributed by atoms with E-state index in [9.17, 15) is 22.8 Å². The van der Waals surface area contributed by atoms with Crippen LogP contribution in [0.1, 0.15) is 62.9 Å². The van der Waals surface area contributed by atoms with Crippen molar-refractivity contribution in [2.24, 2.45) is 5.92 Å². The number of methoxy groups -OCH3 is 1. The molecule has 1 aliphatic heterocycles. The molecule has 1 amide bonds. The van der Waals surface area contributed by atoms with Gasteiger partial charge >= 0.3 is 18.2 Å². The first-order valence-corrected chi connectivity index (χ1v) is 10.4. The lowest BCUT2D eigenvalue weighted by Gasteiger charge is -2.28. The average Bonchev–Trinajstić information content (AvgIpc) is 2.91. The number of esters is 1. The van der Waals surface area contributed by atoms with Crippen molar-refractivity contribution in [3.05, 3.63) is 29.3 Å². The van der Waals surface area contributed by atoms with E-state index < -0.39 is 23.3 Å². The molecule has 1 heterocycles. The van der Waals surface area contributed by atoms with Gasteiger partial charge in [-0.2, -0.15) is 13.2 Å². The van der Waals surface area contributed by atoms with Crippen molar-refractivity contribution >= 4 is 17.7 Å². The number of hydrogen-bond donors (Lipinski definition) is 1. The maximum atomic E-state index is 13.5. The fraction of sp³-hybridized carbons (Fsp3) is 0.636. The average molecular weight is 444 g/mol. The molecule has 0 aliphatic carbocycles. The van der Waals surface area contributed by atoms with Gasteiger partial charge < -0.3 is 19.7 Å². The summed E-state index contributed by atoms with van der Waals surface area (Å²) < 4.78 is 50.5. The molecule has 174 valence electrons. The Morgan fingerprint density at radius 1 is 1.16 bits per heavy atom. The summed E-state index contributed by atoms with van der Waals surface area (Å²) in [7, 11) is 1.18. The Bertz CT molecular complexity index is 790. The quantitative estimate of drug-likeness (QED) is 0.636. The topological polar surface area (TPSA) is 67.9 Å². The normalized spacial score (nSPS) is 18.7. The van der Waals surface area contributed by atoms with Gasteiger partial charge in [0.15, 0.2) is 0 Å². The van der Waals surface area contributed by atoms with E-state index in [4.69, 9.17) is 4.74 Å². The minimum atomic E-state index is -4.56. The van der Waals surface area contributed by atoms with Crippen molar-refractivity contribution in [3.63, 3.8) is 0 Å². The summed E-state index contributed by atoms with van der Waals surface area (Å²) in [6, 6.07) is 2.87. The molecule has 9 heteroatoms. The maximum Gasteiger partial charge on any atom is 0.418 e. The van der Waals surface area contributed by atoms with Crippen molar-refractivity contribution in [1.82, 2.24) is 4.90 Å². The maximum absolute atomic E-state index is 13.5. The van der Waals surface area contributed by atoms with Gasteiger partial charge in [0.1, 0.15) is 5.60 Å². The molecule has 0 saturated carbocycles. The number of nitrogens with one attached hydrogen (secondary N) is 1. The van der Waals surface area contributed by atoms with E-state index in [-0.39, 0.29) is 29.3 Å². The van der Waals surface area contributed by atoms with Crippen molar-refractivity contribution in [2.45, 2.75) is 64.8 Å². The van der Waals surface area contributed by atoms with E-state index in [0.717, 1.165) is 25.0 Å². The predicted octanol–water partition coefficient (Wildman–Crippen LogP) is 5.33. The number of carbonyl (C=O) groups excluding carboxylic acids is 2. The molecule has 1 aromatic carbocycles. The Balaban J connectivity index is 2.13. The first-order chi connectivity index (χ1) is 14.3. The highest BCUT2D eigenvalue weighted by Gasteiger charge is 2.35. The smallest absolute Gasteiger partial charge is 0.418 e. The molecule has 1 saturated heterocycles. The Morgan fingerprint density at radius 3 is 2.42 bits per heavy atom. The molecule has 1 fully saturated rings. The molecule has 1 aliphatic rings. The summed E-state index contributed by atoms with van der Waals surface area (Å²) in [5.74, 6) is -0.651. The largest absolute Gasteiger partial charge is 0.465 e. The van der Waals surface area contributed by atoms with Gasteiger partial charge in [0.05, 0.1) is 18.2 Å². The first kappa shape index (κ1) is 24.8. The lowest BCUT2D eigenvalue weighted by atomic mass is 9.92. The molecule has 1 N–H and O–H groups in total. The minimum absolute atomic E-state index is 0.0437. The van der Waals surface area contributed by atoms with Crippen LogP contribution in [0.3, 0.4) is 0 Å². The van der Waals surface area contributed by atoms with Crippen LogP contribution in [0.25, 0.3) is 0 Å². The third kappa shape index (κ3) is 7.04. The molecule has 0 spiro atoms. The summed E-state index contributed by atoms with van der Waals surface area (Å²) in [4.78, 5) is 25.8. The number of benzene rings is 1. The second-order valence-electron chi connectivity index (χ2n) is 8.84. The second kappa shape index (κ2) is 9.78. The van der Waals surface area contributed by atoms with Crippen molar-refractivity contribution in [2.75, 3.05) is 25.5 Å². The number of amides is 1. The lowest BCUT2D eigenvalue weighted by molar-refractivity contribution is -0.137. The molecule has 0 bridgehead atoms. The van der Waals surface area contributed by atoms with Crippen LogP contribution in [0, 0.1) is 5.92 Å². The molecule has 2 atom stereocenters. The van der Waals surface area contributed by atoms with E-state index in [2.05, 4.69) is 10.1 Å². The number of rotatable bonds is 4. The molecule has 2 unspecified atom stereocenters. The molecule has 6 nitrogen and oxygen atoms in total. The van der Waals surface area contributed by atoms with Crippen LogP contribution < -0.4 is 5.32 Å². The van der Waals surface area contributed by atoms with E-state index >= 15 is 0 Å². The zero-order valence-corrected chi connectivity index (χ0v) is 18.6. The highest BCUT2D eigenvalue weighted by atomic mass is 19.4. The standard InChI is InChI=1S/C22H31F3N2O4/c1-14(15-7-6-11-27(12-10-15)20(29)31-21(2,3)4)26-18-13-16(19(28)30-5)8-9-17(18)22(23,24)25/h8-9,13-15,26H,6-7,10-12H2,1-5H3. The highest BCUT2D eigenvalue weighted by molar-refractivity contribution is 5.90. The van der Waals surface area contributed by atoms with Gasteiger partial charge in [-0.1, -0.05) is 0 Å². The predicted molar refractivity (Wildman–Crippen MR) is 111 cm³/mol. The number of hydrogen-bond acceptors (Lipinski definition) is 5. The van der Waals surface area contributed by atoms with E-state index in [1.54, 1.807) is 25.7 Å². The SMILES string of the molecule is COC(=O)c1ccc(C(F)(F)F)c(NC(C)C2CCCN(C(=O)OC(C)(C)C)CC2)c1. The molecular weight excluding hydrogens is 413 g/mol. The van der Waals surface area contributed by atoms with Crippen molar-refractivity contribution in [1.29, 1.82) is 0 Å². The summed E-state index contributed by atoms with van der Waals surface area (Å²) in [6.45, 7) is 8.25. The number of alkyl halides is 3. The fourth-order valence-corrected chi connectivity index (χ4v) is 3.65. The minimum Gasteiger partial charge on any atom is -0.465 e. The second-order valence-corrected chi connectivity index (χ2v) is 8.84. The summed E-state index contributed by atoms with van der Waals surface area (Å²) in [6.07, 6.45) is -2.83. The number of carbonyl (C=O) groups is 2. The lowest BCUT2D eigenvalue weighted by Crippen LogP contribution is -2.37. The summed E-state index contributed by atoms with van der Waals surface area (Å²) in [5, 5.41) is 2.95. The Morgan fingerprint density at radius 2 is 1.84 bits per heavy atom. The molecule has 0 aromatic heterocycles. The number of ether oxygens (including phenoxy) is 2. The monoisotopic (exact) mass is 444 g/mol. The van der Waals surface area contributed by atoms with Gasteiger partial charge in [0, 0.05) is 24.8 Å². The van der Waals surface area contributed by atoms with Gasteiger partial charge in [0.25, 0.3) is 0 Å². The fourth-order valence-electron chi connectivity index (χ4n) is 3.65. The summed E-state index contributed by atoms with van der Waals surface area (Å²) in [5.41, 5.74) is -1.54. The van der Waals surface area contributed by atoms with Crippen LogP contribution in [0.5, 0.6) is 0 Å². The number of anilines is 1. The number of halogens is 3. The van der Waals surface area contributed by atoms with Crippen LogP contribution in [0.2, 0.25) is 0 Å². The Labute approximate surface area is 181 Å². The van der Waals surface area contributed by atoms with E-state index in [0.29, 0.717) is 19.5 Å². The molecule has 2 rings (SSSR count). The van der Waals surface area contributed by atoms with Gasteiger partial charge in [-0.15, -0.1) is 0 Å². The van der Waals surface area contributed by atoms with Gasteiger partial charge in [-0.05, 0) is 71.1 Å². The van der Waals surface area contributed by atoms with E-state index in [1.165, 1.54) is 13.2 Å². The number of nitrogens with zero attached hydrogens (tertiary/aromatic N) is 1. The molecule has 31 heavy (non-hydrogen) atoms. The third-order valence-electron chi connectivity index (χ3n) is 5.26. The van der Waals surface area contributed by atoms with Crippen molar-refractivity contribution in [3.8, 4) is 0 Å².